The van der Waals surface area contributed by atoms with E-state index in [0.717, 1.165) is 11.3 Å². The van der Waals surface area contributed by atoms with Gasteiger partial charge in [0.2, 0.25) is 0 Å². The van der Waals surface area contributed by atoms with E-state index in [2.05, 4.69) is 17.2 Å². The van der Waals surface area contributed by atoms with E-state index in [1.54, 1.807) is 6.20 Å². The Labute approximate surface area is 95.3 Å². The van der Waals surface area contributed by atoms with Crippen molar-refractivity contribution in [1.29, 1.82) is 0 Å². The molecule has 0 aliphatic carbocycles. The van der Waals surface area contributed by atoms with Crippen molar-refractivity contribution in [3.63, 3.8) is 0 Å². The molecular formula is C13H15N3. The summed E-state index contributed by atoms with van der Waals surface area (Å²) in [6, 6.07) is 10.0. The Morgan fingerprint density at radius 1 is 1.06 bits per heavy atom. The van der Waals surface area contributed by atoms with Crippen LogP contribution in [0.2, 0.25) is 0 Å². The Kier molecular flexibility index (Phi) is 2.77. The van der Waals surface area contributed by atoms with Gasteiger partial charge in [-0.1, -0.05) is 17.7 Å². The minimum Gasteiger partial charge on any atom is -0.396 e. The molecule has 3 heteroatoms. The largest absolute Gasteiger partial charge is 0.396 e. The summed E-state index contributed by atoms with van der Waals surface area (Å²) in [6.07, 6.45) is 1.75. The van der Waals surface area contributed by atoms with Gasteiger partial charge in [-0.25, -0.2) is 4.98 Å². The third-order valence-corrected chi connectivity index (χ3v) is 2.52. The van der Waals surface area contributed by atoms with Gasteiger partial charge in [-0.2, -0.15) is 0 Å². The average Bonchev–Trinajstić information content (AvgIpc) is 2.28. The summed E-state index contributed by atoms with van der Waals surface area (Å²) in [4.78, 5) is 4.22. The number of aromatic nitrogens is 1. The van der Waals surface area contributed by atoms with E-state index in [9.17, 15) is 0 Å². The Morgan fingerprint density at radius 3 is 2.44 bits per heavy atom. The second-order valence-electron chi connectivity index (χ2n) is 3.88. The van der Waals surface area contributed by atoms with Crippen LogP contribution in [0.5, 0.6) is 0 Å². The van der Waals surface area contributed by atoms with Crippen molar-refractivity contribution in [2.24, 2.45) is 0 Å². The number of pyridine rings is 1. The van der Waals surface area contributed by atoms with Crippen LogP contribution in [0.15, 0.2) is 36.5 Å². The smallest absolute Gasteiger partial charge is 0.153 e. The third kappa shape index (κ3) is 2.14. The van der Waals surface area contributed by atoms with Gasteiger partial charge in [0.1, 0.15) is 0 Å². The minimum atomic E-state index is 0.697. The maximum absolute atomic E-state index is 5.94. The van der Waals surface area contributed by atoms with Gasteiger partial charge in [0.25, 0.3) is 0 Å². The van der Waals surface area contributed by atoms with Gasteiger partial charge >= 0.3 is 0 Å². The molecule has 0 aliphatic heterocycles. The maximum Gasteiger partial charge on any atom is 0.153 e. The second kappa shape index (κ2) is 4.23. The molecule has 3 nitrogen and oxygen atoms in total. The fourth-order valence-electron chi connectivity index (χ4n) is 1.44. The fourth-order valence-corrected chi connectivity index (χ4v) is 1.44. The lowest BCUT2D eigenvalue weighted by molar-refractivity contribution is 1.28. The number of benzene rings is 1. The number of nitrogens with one attached hydrogen (secondary N) is 1. The quantitative estimate of drug-likeness (QED) is 0.806. The van der Waals surface area contributed by atoms with Crippen LogP contribution in [-0.2, 0) is 0 Å². The molecule has 1 aromatic carbocycles. The molecule has 2 aromatic rings. The molecule has 0 aliphatic rings. The lowest BCUT2D eigenvalue weighted by Gasteiger charge is -2.09. The summed E-state index contributed by atoms with van der Waals surface area (Å²) in [5.74, 6) is 0.712. The third-order valence-electron chi connectivity index (χ3n) is 2.52. The van der Waals surface area contributed by atoms with E-state index in [0.29, 0.717) is 11.5 Å². The van der Waals surface area contributed by atoms with Crippen molar-refractivity contribution < 1.29 is 0 Å². The van der Waals surface area contributed by atoms with Gasteiger partial charge in [-0.3, -0.25) is 0 Å². The molecule has 1 heterocycles. The van der Waals surface area contributed by atoms with E-state index < -0.39 is 0 Å². The standard InChI is InChI=1S/C13H15N3/c1-9-3-5-11(6-4-9)16-13-12(14)10(2)7-8-15-13/h3-8H,14H2,1-2H3,(H,15,16). The minimum absolute atomic E-state index is 0.697. The Bertz CT molecular complexity index is 489. The van der Waals surface area contributed by atoms with Crippen LogP contribution in [0.1, 0.15) is 11.1 Å². The first-order valence-electron chi connectivity index (χ1n) is 5.21. The van der Waals surface area contributed by atoms with Crippen LogP contribution < -0.4 is 11.1 Å². The van der Waals surface area contributed by atoms with Crippen molar-refractivity contribution >= 4 is 17.2 Å². The number of nitrogen functional groups attached to an aromatic ring is 1. The number of aryl methyl sites for hydroxylation is 2. The Hall–Kier alpha value is -2.03. The van der Waals surface area contributed by atoms with Gasteiger partial charge in [0.05, 0.1) is 5.69 Å². The molecule has 0 atom stereocenters. The fraction of sp³-hybridized carbons (Fsp3) is 0.154. The van der Waals surface area contributed by atoms with E-state index in [1.807, 2.05) is 37.3 Å². The highest BCUT2D eigenvalue weighted by Gasteiger charge is 2.02. The highest BCUT2D eigenvalue weighted by molar-refractivity contribution is 5.70. The number of anilines is 3. The van der Waals surface area contributed by atoms with Crippen molar-refractivity contribution in [1.82, 2.24) is 4.98 Å². The van der Waals surface area contributed by atoms with Crippen molar-refractivity contribution in [2.75, 3.05) is 11.1 Å². The second-order valence-corrected chi connectivity index (χ2v) is 3.88. The van der Waals surface area contributed by atoms with Crippen molar-refractivity contribution in [2.45, 2.75) is 13.8 Å². The molecule has 1 aromatic heterocycles. The summed E-state index contributed by atoms with van der Waals surface area (Å²) < 4.78 is 0. The molecule has 0 saturated carbocycles. The highest BCUT2D eigenvalue weighted by atomic mass is 15.0. The number of hydrogen-bond acceptors (Lipinski definition) is 3. The number of rotatable bonds is 2. The van der Waals surface area contributed by atoms with E-state index in [1.165, 1.54) is 5.56 Å². The van der Waals surface area contributed by atoms with Crippen LogP contribution in [0.4, 0.5) is 17.2 Å². The molecule has 82 valence electrons. The van der Waals surface area contributed by atoms with Gasteiger partial charge in [0.15, 0.2) is 5.82 Å². The van der Waals surface area contributed by atoms with Crippen LogP contribution >= 0.6 is 0 Å². The lowest BCUT2D eigenvalue weighted by atomic mass is 10.2. The summed E-state index contributed by atoms with van der Waals surface area (Å²) in [7, 11) is 0. The van der Waals surface area contributed by atoms with Crippen LogP contribution in [-0.4, -0.2) is 4.98 Å². The highest BCUT2D eigenvalue weighted by Crippen LogP contribution is 2.23. The van der Waals surface area contributed by atoms with Gasteiger partial charge < -0.3 is 11.1 Å². The first-order valence-corrected chi connectivity index (χ1v) is 5.21. The first kappa shape index (κ1) is 10.5. The van der Waals surface area contributed by atoms with Crippen LogP contribution in [0, 0.1) is 13.8 Å². The molecular weight excluding hydrogens is 198 g/mol. The zero-order chi connectivity index (χ0) is 11.5. The van der Waals surface area contributed by atoms with Crippen molar-refractivity contribution in [3.05, 3.63) is 47.7 Å². The number of nitrogens with zero attached hydrogens (tertiary/aromatic N) is 1. The van der Waals surface area contributed by atoms with Gasteiger partial charge in [0, 0.05) is 11.9 Å². The predicted octanol–water partition coefficient (Wildman–Crippen LogP) is 3.02. The summed E-state index contributed by atoms with van der Waals surface area (Å²) in [6.45, 7) is 4.03. The Morgan fingerprint density at radius 2 is 1.75 bits per heavy atom. The van der Waals surface area contributed by atoms with Crippen LogP contribution in [0.25, 0.3) is 0 Å². The summed E-state index contributed by atoms with van der Waals surface area (Å²) >= 11 is 0. The van der Waals surface area contributed by atoms with Crippen molar-refractivity contribution in [3.8, 4) is 0 Å². The SMILES string of the molecule is Cc1ccc(Nc2nccc(C)c2N)cc1. The lowest BCUT2D eigenvalue weighted by Crippen LogP contribution is -2.00. The molecule has 0 radical (unpaired) electrons. The molecule has 16 heavy (non-hydrogen) atoms. The zero-order valence-corrected chi connectivity index (χ0v) is 9.49. The normalized spacial score (nSPS) is 10.1. The molecule has 2 rings (SSSR count). The topological polar surface area (TPSA) is 50.9 Å². The molecule has 0 bridgehead atoms. The maximum atomic E-state index is 5.94. The number of nitrogens with two attached hydrogens (primary N) is 1. The number of hydrogen-bond donors (Lipinski definition) is 2. The summed E-state index contributed by atoms with van der Waals surface area (Å²) in [5.41, 5.74) is 9.89. The van der Waals surface area contributed by atoms with E-state index in [-0.39, 0.29) is 0 Å². The van der Waals surface area contributed by atoms with Crippen LogP contribution in [0.3, 0.4) is 0 Å². The first-order chi connectivity index (χ1) is 7.66. The molecule has 0 fully saturated rings. The summed E-state index contributed by atoms with van der Waals surface area (Å²) in [5, 5.41) is 3.20. The van der Waals surface area contributed by atoms with Gasteiger partial charge in [-0.15, -0.1) is 0 Å². The molecule has 0 spiro atoms. The molecule has 0 unspecified atom stereocenters. The zero-order valence-electron chi connectivity index (χ0n) is 9.49. The van der Waals surface area contributed by atoms with E-state index >= 15 is 0 Å². The monoisotopic (exact) mass is 213 g/mol. The average molecular weight is 213 g/mol. The predicted molar refractivity (Wildman–Crippen MR) is 67.8 cm³/mol. The molecule has 0 saturated heterocycles. The molecule has 3 N–H and O–H groups in total. The van der Waals surface area contributed by atoms with Gasteiger partial charge in [-0.05, 0) is 37.6 Å². The molecule has 0 amide bonds. The van der Waals surface area contributed by atoms with E-state index in [4.69, 9.17) is 5.73 Å². The Balaban J connectivity index is 2.27.